The summed E-state index contributed by atoms with van der Waals surface area (Å²) in [7, 11) is 3.89. The summed E-state index contributed by atoms with van der Waals surface area (Å²) < 4.78 is 0. The highest BCUT2D eigenvalue weighted by atomic mass is 16.1. The Bertz CT molecular complexity index is 417. The lowest BCUT2D eigenvalue weighted by atomic mass is 10.2. The molecule has 0 saturated heterocycles. The molecule has 1 aromatic heterocycles. The highest BCUT2D eigenvalue weighted by Crippen LogP contribution is 2.24. The summed E-state index contributed by atoms with van der Waals surface area (Å²) in [6.07, 6.45) is 5.87. The number of aromatic nitrogens is 1. The van der Waals surface area contributed by atoms with Crippen LogP contribution in [0.1, 0.15) is 23.2 Å². The SMILES string of the molecule is CNc1cnccc1C(=O)NCCN(C)C1CC1. The van der Waals surface area contributed by atoms with E-state index >= 15 is 0 Å². The van der Waals surface area contributed by atoms with E-state index in [1.54, 1.807) is 25.5 Å². The molecule has 0 unspecified atom stereocenters. The number of hydrogen-bond donors (Lipinski definition) is 2. The molecule has 0 radical (unpaired) electrons. The number of nitrogens with one attached hydrogen (secondary N) is 2. The fourth-order valence-electron chi connectivity index (χ4n) is 1.93. The van der Waals surface area contributed by atoms with Crippen LogP contribution in [0.3, 0.4) is 0 Å². The highest BCUT2D eigenvalue weighted by Gasteiger charge is 2.25. The first-order valence-electron chi connectivity index (χ1n) is 6.32. The monoisotopic (exact) mass is 248 g/mol. The molecule has 1 fully saturated rings. The lowest BCUT2D eigenvalue weighted by molar-refractivity contribution is 0.0950. The Balaban J connectivity index is 1.83. The van der Waals surface area contributed by atoms with Crippen molar-refractivity contribution in [3.63, 3.8) is 0 Å². The number of amides is 1. The molecule has 1 saturated carbocycles. The average Bonchev–Trinajstić information content (AvgIpc) is 3.22. The second-order valence-corrected chi connectivity index (χ2v) is 4.64. The van der Waals surface area contributed by atoms with Gasteiger partial charge in [-0.3, -0.25) is 9.78 Å². The Hall–Kier alpha value is -1.62. The van der Waals surface area contributed by atoms with Crippen LogP contribution in [-0.2, 0) is 0 Å². The molecule has 0 aliphatic heterocycles. The first-order chi connectivity index (χ1) is 8.72. The van der Waals surface area contributed by atoms with E-state index in [2.05, 4.69) is 27.6 Å². The van der Waals surface area contributed by atoms with Crippen LogP contribution in [0.4, 0.5) is 5.69 Å². The van der Waals surface area contributed by atoms with Gasteiger partial charge in [0.1, 0.15) is 0 Å². The lowest BCUT2D eigenvalue weighted by Gasteiger charge is -2.16. The van der Waals surface area contributed by atoms with Crippen molar-refractivity contribution < 1.29 is 4.79 Å². The number of anilines is 1. The van der Waals surface area contributed by atoms with Crippen molar-refractivity contribution in [3.8, 4) is 0 Å². The van der Waals surface area contributed by atoms with E-state index in [0.717, 1.165) is 18.3 Å². The van der Waals surface area contributed by atoms with E-state index in [1.165, 1.54) is 12.8 Å². The molecule has 1 heterocycles. The van der Waals surface area contributed by atoms with Crippen LogP contribution in [-0.4, -0.2) is 49.0 Å². The molecule has 18 heavy (non-hydrogen) atoms. The molecule has 5 heteroatoms. The average molecular weight is 248 g/mol. The Morgan fingerprint density at radius 3 is 3.00 bits per heavy atom. The molecule has 1 amide bonds. The number of carbonyl (C=O) groups is 1. The van der Waals surface area contributed by atoms with Gasteiger partial charge in [0.25, 0.3) is 5.91 Å². The van der Waals surface area contributed by atoms with Gasteiger partial charge >= 0.3 is 0 Å². The number of hydrogen-bond acceptors (Lipinski definition) is 4. The van der Waals surface area contributed by atoms with Crippen molar-refractivity contribution in [1.82, 2.24) is 15.2 Å². The van der Waals surface area contributed by atoms with Crippen molar-refractivity contribution >= 4 is 11.6 Å². The third kappa shape index (κ3) is 3.20. The summed E-state index contributed by atoms with van der Waals surface area (Å²) in [6, 6.07) is 2.46. The minimum absolute atomic E-state index is 0.0500. The van der Waals surface area contributed by atoms with E-state index in [0.29, 0.717) is 12.1 Å². The standard InChI is InChI=1S/C13H20N4O/c1-14-12-9-15-6-5-11(12)13(18)16-7-8-17(2)10-3-4-10/h5-6,9-10,14H,3-4,7-8H2,1-2H3,(H,16,18). The Labute approximate surface area is 108 Å². The van der Waals surface area contributed by atoms with Gasteiger partial charge in [0, 0.05) is 32.4 Å². The zero-order valence-electron chi connectivity index (χ0n) is 10.9. The predicted molar refractivity (Wildman–Crippen MR) is 71.8 cm³/mol. The minimum atomic E-state index is -0.0500. The quantitative estimate of drug-likeness (QED) is 0.787. The fourth-order valence-corrected chi connectivity index (χ4v) is 1.93. The summed E-state index contributed by atoms with van der Waals surface area (Å²) in [4.78, 5) is 18.3. The highest BCUT2D eigenvalue weighted by molar-refractivity contribution is 5.99. The van der Waals surface area contributed by atoms with Gasteiger partial charge in [0.05, 0.1) is 17.4 Å². The maximum absolute atomic E-state index is 12.0. The second kappa shape index (κ2) is 5.82. The van der Waals surface area contributed by atoms with E-state index in [9.17, 15) is 4.79 Å². The van der Waals surface area contributed by atoms with Gasteiger partial charge < -0.3 is 15.5 Å². The van der Waals surface area contributed by atoms with E-state index in [1.807, 2.05) is 0 Å². The Morgan fingerprint density at radius 2 is 2.33 bits per heavy atom. The van der Waals surface area contributed by atoms with Gasteiger partial charge in [-0.1, -0.05) is 0 Å². The smallest absolute Gasteiger partial charge is 0.253 e. The van der Waals surface area contributed by atoms with Crippen LogP contribution >= 0.6 is 0 Å². The van der Waals surface area contributed by atoms with Gasteiger partial charge in [-0.2, -0.15) is 0 Å². The van der Waals surface area contributed by atoms with Crippen molar-refractivity contribution in [2.24, 2.45) is 0 Å². The number of nitrogens with zero attached hydrogens (tertiary/aromatic N) is 2. The molecule has 1 aliphatic rings. The molecule has 1 aliphatic carbocycles. The molecule has 0 bridgehead atoms. The van der Waals surface area contributed by atoms with Gasteiger partial charge in [0.15, 0.2) is 0 Å². The lowest BCUT2D eigenvalue weighted by Crippen LogP contribution is -2.34. The zero-order chi connectivity index (χ0) is 13.0. The van der Waals surface area contributed by atoms with Crippen molar-refractivity contribution in [1.29, 1.82) is 0 Å². The number of carbonyl (C=O) groups excluding carboxylic acids is 1. The molecule has 2 N–H and O–H groups in total. The largest absolute Gasteiger partial charge is 0.386 e. The van der Waals surface area contributed by atoms with Gasteiger partial charge in [-0.25, -0.2) is 0 Å². The minimum Gasteiger partial charge on any atom is -0.386 e. The van der Waals surface area contributed by atoms with Crippen LogP contribution in [0.15, 0.2) is 18.5 Å². The molecule has 0 spiro atoms. The predicted octanol–water partition coefficient (Wildman–Crippen LogP) is 0.947. The zero-order valence-corrected chi connectivity index (χ0v) is 10.9. The first kappa shape index (κ1) is 12.8. The van der Waals surface area contributed by atoms with Crippen LogP contribution in [0.2, 0.25) is 0 Å². The first-order valence-corrected chi connectivity index (χ1v) is 6.32. The van der Waals surface area contributed by atoms with Crippen LogP contribution in [0.25, 0.3) is 0 Å². The number of likely N-dealkylation sites (N-methyl/N-ethyl adjacent to an activating group) is 1. The summed E-state index contributed by atoms with van der Waals surface area (Å²) in [6.45, 7) is 1.58. The number of pyridine rings is 1. The molecule has 2 rings (SSSR count). The summed E-state index contributed by atoms with van der Waals surface area (Å²) >= 11 is 0. The van der Waals surface area contributed by atoms with Crippen LogP contribution in [0.5, 0.6) is 0 Å². The molecule has 5 nitrogen and oxygen atoms in total. The van der Waals surface area contributed by atoms with E-state index < -0.39 is 0 Å². The van der Waals surface area contributed by atoms with Crippen LogP contribution < -0.4 is 10.6 Å². The Kier molecular flexibility index (Phi) is 4.15. The second-order valence-electron chi connectivity index (χ2n) is 4.64. The molecule has 98 valence electrons. The van der Waals surface area contributed by atoms with Crippen molar-refractivity contribution in [2.75, 3.05) is 32.5 Å². The van der Waals surface area contributed by atoms with E-state index in [4.69, 9.17) is 0 Å². The molecular weight excluding hydrogens is 228 g/mol. The third-order valence-electron chi connectivity index (χ3n) is 3.26. The number of rotatable bonds is 6. The molecular formula is C13H20N4O. The normalized spacial score (nSPS) is 14.6. The molecule has 0 atom stereocenters. The maximum atomic E-state index is 12.0. The summed E-state index contributed by atoms with van der Waals surface area (Å²) in [5, 5.41) is 5.91. The van der Waals surface area contributed by atoms with E-state index in [-0.39, 0.29) is 5.91 Å². The molecule has 0 aromatic carbocycles. The fraction of sp³-hybridized carbons (Fsp3) is 0.538. The summed E-state index contributed by atoms with van der Waals surface area (Å²) in [5.41, 5.74) is 1.40. The topological polar surface area (TPSA) is 57.3 Å². The molecule has 1 aromatic rings. The Morgan fingerprint density at radius 1 is 1.56 bits per heavy atom. The van der Waals surface area contributed by atoms with Gasteiger partial charge in [0.2, 0.25) is 0 Å². The van der Waals surface area contributed by atoms with Crippen molar-refractivity contribution in [2.45, 2.75) is 18.9 Å². The third-order valence-corrected chi connectivity index (χ3v) is 3.26. The summed E-state index contributed by atoms with van der Waals surface area (Å²) in [5.74, 6) is -0.0500. The van der Waals surface area contributed by atoms with Gasteiger partial charge in [-0.05, 0) is 26.0 Å². The maximum Gasteiger partial charge on any atom is 0.253 e. The van der Waals surface area contributed by atoms with Gasteiger partial charge in [-0.15, -0.1) is 0 Å². The van der Waals surface area contributed by atoms with Crippen molar-refractivity contribution in [3.05, 3.63) is 24.0 Å². The van der Waals surface area contributed by atoms with Crippen LogP contribution in [0, 0.1) is 0 Å².